The Bertz CT molecular complexity index is 544. The molecule has 5 nitrogen and oxygen atoms in total. The summed E-state index contributed by atoms with van der Waals surface area (Å²) in [6, 6.07) is 7.27. The van der Waals surface area contributed by atoms with Gasteiger partial charge in [-0.2, -0.15) is 0 Å². The molecule has 2 atom stereocenters. The number of amides is 1. The van der Waals surface area contributed by atoms with Crippen LogP contribution in [0.1, 0.15) is 40.0 Å². The predicted octanol–water partition coefficient (Wildman–Crippen LogP) is 2.96. The average Bonchev–Trinajstić information content (AvgIpc) is 2.51. The molecule has 0 aromatic heterocycles. The Balaban J connectivity index is 2.20. The van der Waals surface area contributed by atoms with Gasteiger partial charge < -0.3 is 10.1 Å². The lowest BCUT2D eigenvalue weighted by Gasteiger charge is -2.34. The number of hydrogen-bond acceptors (Lipinski definition) is 4. The number of rotatable bonds is 6. The number of nitrogens with one attached hydrogen (secondary N) is 1. The summed E-state index contributed by atoms with van der Waals surface area (Å²) in [6.45, 7) is 5.81. The van der Waals surface area contributed by atoms with Crippen molar-refractivity contribution in [3.8, 4) is 0 Å². The molecule has 1 amide bonds. The summed E-state index contributed by atoms with van der Waals surface area (Å²) in [4.78, 5) is 26.2. The van der Waals surface area contributed by atoms with Crippen molar-refractivity contribution in [3.63, 3.8) is 0 Å². The number of benzene rings is 1. The number of esters is 1. The molecular weight excluding hydrogens is 280 g/mol. The third-order valence-electron chi connectivity index (χ3n) is 3.86. The lowest BCUT2D eigenvalue weighted by Crippen LogP contribution is -2.49. The van der Waals surface area contributed by atoms with Crippen LogP contribution in [0.5, 0.6) is 0 Å². The lowest BCUT2D eigenvalue weighted by atomic mass is 10.0. The molecule has 0 saturated carbocycles. The van der Waals surface area contributed by atoms with E-state index in [0.717, 1.165) is 30.6 Å². The maximum absolute atomic E-state index is 12.6. The molecule has 0 aliphatic carbocycles. The van der Waals surface area contributed by atoms with Crippen molar-refractivity contribution >= 4 is 23.3 Å². The molecule has 1 aliphatic heterocycles. The fourth-order valence-electron chi connectivity index (χ4n) is 2.51. The highest BCUT2D eigenvalue weighted by Crippen LogP contribution is 2.32. The Hall–Kier alpha value is -2.04. The zero-order chi connectivity index (χ0) is 16.1. The molecule has 1 aliphatic rings. The van der Waals surface area contributed by atoms with Crippen molar-refractivity contribution in [1.82, 2.24) is 0 Å². The molecule has 1 heterocycles. The number of para-hydroxylation sites is 2. The zero-order valence-corrected chi connectivity index (χ0v) is 13.5. The second-order valence-electron chi connectivity index (χ2n) is 5.64. The van der Waals surface area contributed by atoms with Crippen LogP contribution in [0.2, 0.25) is 0 Å². The Morgan fingerprint density at radius 1 is 1.36 bits per heavy atom. The van der Waals surface area contributed by atoms with E-state index >= 15 is 0 Å². The van der Waals surface area contributed by atoms with Crippen LogP contribution in [0.25, 0.3) is 0 Å². The van der Waals surface area contributed by atoms with E-state index < -0.39 is 0 Å². The fraction of sp³-hybridized carbons (Fsp3) is 0.529. The molecule has 0 radical (unpaired) electrons. The molecule has 5 heteroatoms. The number of fused-ring (bicyclic) bond motifs is 1. The van der Waals surface area contributed by atoms with Crippen molar-refractivity contribution in [3.05, 3.63) is 24.3 Å². The number of carbonyl (C=O) groups is 2. The molecule has 0 fully saturated rings. The van der Waals surface area contributed by atoms with Crippen molar-refractivity contribution in [2.24, 2.45) is 0 Å². The Kier molecular flexibility index (Phi) is 5.41. The van der Waals surface area contributed by atoms with Gasteiger partial charge in [-0.25, -0.2) is 0 Å². The molecule has 2 rings (SSSR count). The highest BCUT2D eigenvalue weighted by atomic mass is 16.5. The molecule has 120 valence electrons. The molecular formula is C17H24N2O3. The number of nitrogens with zero attached hydrogens (tertiary/aromatic N) is 1. The average molecular weight is 304 g/mol. The van der Waals surface area contributed by atoms with E-state index in [9.17, 15) is 9.59 Å². The third kappa shape index (κ3) is 3.59. The van der Waals surface area contributed by atoms with E-state index in [-0.39, 0.29) is 30.6 Å². The minimum atomic E-state index is -0.366. The van der Waals surface area contributed by atoms with Crippen LogP contribution in [-0.2, 0) is 14.3 Å². The first-order chi connectivity index (χ1) is 10.6. The monoisotopic (exact) mass is 304 g/mol. The fourth-order valence-corrected chi connectivity index (χ4v) is 2.51. The van der Waals surface area contributed by atoms with E-state index in [2.05, 4.69) is 5.32 Å². The number of hydrogen-bond donors (Lipinski definition) is 1. The second kappa shape index (κ2) is 7.29. The van der Waals surface area contributed by atoms with Gasteiger partial charge in [0, 0.05) is 0 Å². The van der Waals surface area contributed by atoms with E-state index in [1.807, 2.05) is 45.0 Å². The Morgan fingerprint density at radius 2 is 2.09 bits per heavy atom. The zero-order valence-electron chi connectivity index (χ0n) is 13.5. The molecule has 1 aromatic carbocycles. The molecule has 1 aromatic rings. The Morgan fingerprint density at radius 3 is 2.77 bits per heavy atom. The van der Waals surface area contributed by atoms with Crippen molar-refractivity contribution in [2.75, 3.05) is 16.8 Å². The van der Waals surface area contributed by atoms with Crippen LogP contribution in [-0.4, -0.2) is 30.6 Å². The van der Waals surface area contributed by atoms with E-state index in [4.69, 9.17) is 4.74 Å². The predicted molar refractivity (Wildman–Crippen MR) is 87.0 cm³/mol. The maximum atomic E-state index is 12.6. The van der Waals surface area contributed by atoms with Crippen LogP contribution in [0.15, 0.2) is 24.3 Å². The standard InChI is InChI=1S/C17H24N2O3/c1-4-8-14-17(21)19(11-16(20)22-12(3)5-2)15-10-7-6-9-13(15)18-14/h6-7,9-10,12,14,18H,4-5,8,11H2,1-3H3. The SMILES string of the molecule is CCCC1Nc2ccccc2N(CC(=O)OC(C)CC)C1=O. The third-order valence-corrected chi connectivity index (χ3v) is 3.86. The summed E-state index contributed by atoms with van der Waals surface area (Å²) in [6.07, 6.45) is 2.27. The highest BCUT2D eigenvalue weighted by molar-refractivity contribution is 6.07. The van der Waals surface area contributed by atoms with Gasteiger partial charge in [0.15, 0.2) is 0 Å². The second-order valence-corrected chi connectivity index (χ2v) is 5.64. The van der Waals surface area contributed by atoms with Gasteiger partial charge in [0.1, 0.15) is 12.6 Å². The van der Waals surface area contributed by atoms with Crippen LogP contribution in [0.4, 0.5) is 11.4 Å². The largest absolute Gasteiger partial charge is 0.461 e. The minimum Gasteiger partial charge on any atom is -0.461 e. The molecule has 0 saturated heterocycles. The quantitative estimate of drug-likeness (QED) is 0.821. The van der Waals surface area contributed by atoms with Gasteiger partial charge in [-0.3, -0.25) is 14.5 Å². The molecule has 1 N–H and O–H groups in total. The highest BCUT2D eigenvalue weighted by Gasteiger charge is 2.33. The van der Waals surface area contributed by atoms with Gasteiger partial charge >= 0.3 is 5.97 Å². The van der Waals surface area contributed by atoms with E-state index in [1.54, 1.807) is 0 Å². The van der Waals surface area contributed by atoms with Crippen LogP contribution in [0, 0.1) is 0 Å². The van der Waals surface area contributed by atoms with Crippen molar-refractivity contribution < 1.29 is 14.3 Å². The Labute approximate surface area is 131 Å². The number of carbonyl (C=O) groups excluding carboxylic acids is 2. The smallest absolute Gasteiger partial charge is 0.326 e. The van der Waals surface area contributed by atoms with Gasteiger partial charge in [-0.1, -0.05) is 32.4 Å². The normalized spacial score (nSPS) is 18.4. The van der Waals surface area contributed by atoms with Crippen LogP contribution >= 0.6 is 0 Å². The molecule has 0 spiro atoms. The molecule has 2 unspecified atom stereocenters. The first kappa shape index (κ1) is 16.3. The van der Waals surface area contributed by atoms with Gasteiger partial charge in [0.2, 0.25) is 5.91 Å². The van der Waals surface area contributed by atoms with E-state index in [1.165, 1.54) is 4.90 Å². The topological polar surface area (TPSA) is 58.6 Å². The van der Waals surface area contributed by atoms with Crippen molar-refractivity contribution in [1.29, 1.82) is 0 Å². The summed E-state index contributed by atoms with van der Waals surface area (Å²) >= 11 is 0. The van der Waals surface area contributed by atoms with Gasteiger partial charge in [0.25, 0.3) is 0 Å². The van der Waals surface area contributed by atoms with Crippen molar-refractivity contribution in [2.45, 2.75) is 52.2 Å². The summed E-state index contributed by atoms with van der Waals surface area (Å²) in [5.74, 6) is -0.434. The summed E-state index contributed by atoms with van der Waals surface area (Å²) in [5, 5.41) is 3.26. The summed E-state index contributed by atoms with van der Waals surface area (Å²) in [7, 11) is 0. The summed E-state index contributed by atoms with van der Waals surface area (Å²) in [5.41, 5.74) is 1.62. The van der Waals surface area contributed by atoms with E-state index in [0.29, 0.717) is 0 Å². The first-order valence-corrected chi connectivity index (χ1v) is 7.93. The lowest BCUT2D eigenvalue weighted by molar-refractivity contribution is -0.147. The molecule has 22 heavy (non-hydrogen) atoms. The van der Waals surface area contributed by atoms with Gasteiger partial charge in [-0.05, 0) is 31.9 Å². The first-order valence-electron chi connectivity index (χ1n) is 7.93. The van der Waals surface area contributed by atoms with Gasteiger partial charge in [-0.15, -0.1) is 0 Å². The molecule has 0 bridgehead atoms. The number of anilines is 2. The van der Waals surface area contributed by atoms with Gasteiger partial charge in [0.05, 0.1) is 17.5 Å². The summed E-state index contributed by atoms with van der Waals surface area (Å²) < 4.78 is 5.31. The van der Waals surface area contributed by atoms with Crippen LogP contribution < -0.4 is 10.2 Å². The minimum absolute atomic E-state index is 0.0396. The van der Waals surface area contributed by atoms with Crippen LogP contribution in [0.3, 0.4) is 0 Å². The number of ether oxygens (including phenoxy) is 1. The maximum Gasteiger partial charge on any atom is 0.326 e.